The third-order valence-electron chi connectivity index (χ3n) is 11.8. The number of unbranched alkanes of at least 4 members (excludes halogenated alkanes) is 1. The first-order valence-electron chi connectivity index (χ1n) is 23.6. The molecule has 17 N–H and O–H groups in total. The predicted molar refractivity (Wildman–Crippen MR) is 275 cm³/mol. The highest BCUT2D eigenvalue weighted by Gasteiger charge is 2.37. The van der Waals surface area contributed by atoms with E-state index >= 15 is 0 Å². The third-order valence-corrected chi connectivity index (χ3v) is 14.2. The summed E-state index contributed by atoms with van der Waals surface area (Å²) in [7, 11) is 1.80. The number of carbonyl (C=O) groups excluding carboxylic acids is 8. The summed E-state index contributed by atoms with van der Waals surface area (Å²) in [5, 5.41) is 39.6. The summed E-state index contributed by atoms with van der Waals surface area (Å²) < 4.78 is 0.934. The van der Waals surface area contributed by atoms with Gasteiger partial charge in [0.15, 0.2) is 0 Å². The van der Waals surface area contributed by atoms with Gasteiger partial charge in [-0.1, -0.05) is 70.1 Å². The van der Waals surface area contributed by atoms with Crippen LogP contribution in [0.1, 0.15) is 44.2 Å². The van der Waals surface area contributed by atoms with Gasteiger partial charge in [0, 0.05) is 47.3 Å². The minimum absolute atomic E-state index is 0.0555. The van der Waals surface area contributed by atoms with Gasteiger partial charge in [-0.2, -0.15) is 0 Å². The van der Waals surface area contributed by atoms with Crippen molar-refractivity contribution in [3.63, 3.8) is 0 Å². The largest absolute Gasteiger partial charge is 0.391 e. The van der Waals surface area contributed by atoms with E-state index in [1.54, 1.807) is 60.8 Å². The summed E-state index contributed by atoms with van der Waals surface area (Å²) in [5.41, 5.74) is 17.7. The van der Waals surface area contributed by atoms with Crippen molar-refractivity contribution in [2.24, 2.45) is 17.2 Å². The van der Waals surface area contributed by atoms with Crippen LogP contribution in [0.4, 0.5) is 0 Å². The molecule has 1 aliphatic rings. The van der Waals surface area contributed by atoms with Gasteiger partial charge in [0.1, 0.15) is 42.3 Å². The Bertz CT molecular complexity index is 2740. The molecular weight excluding hydrogens is 1000 g/mol. The van der Waals surface area contributed by atoms with Crippen molar-refractivity contribution in [3.8, 4) is 0 Å². The molecule has 1 aliphatic heterocycles. The minimum Gasteiger partial charge on any atom is -0.391 e. The van der Waals surface area contributed by atoms with Gasteiger partial charge in [0.2, 0.25) is 47.3 Å². The smallest absolute Gasteiger partial charge is 0.328 e. The fraction of sp³-hybridized carbons (Fsp3) is 0.447. The number of para-hydroxylation sites is 1. The first kappa shape index (κ1) is 57.9. The topological polar surface area (TPSA) is 410 Å². The summed E-state index contributed by atoms with van der Waals surface area (Å²) >= 11 is 0. The van der Waals surface area contributed by atoms with Gasteiger partial charge >= 0.3 is 5.69 Å². The molecule has 0 radical (unpaired) electrons. The van der Waals surface area contributed by atoms with Gasteiger partial charge in [-0.3, -0.25) is 52.7 Å². The quantitative estimate of drug-likeness (QED) is 0.0354. The van der Waals surface area contributed by atoms with Gasteiger partial charge < -0.3 is 69.6 Å². The molecular formula is C47H63N13O12S2. The molecule has 74 heavy (non-hydrogen) atoms. The number of benzene rings is 2. The second-order valence-electron chi connectivity index (χ2n) is 17.6. The average molecular weight is 1070 g/mol. The first-order chi connectivity index (χ1) is 35.3. The van der Waals surface area contributed by atoms with E-state index in [-0.39, 0.29) is 43.7 Å². The monoisotopic (exact) mass is 1070 g/mol. The maximum Gasteiger partial charge on any atom is 0.328 e. The van der Waals surface area contributed by atoms with Crippen LogP contribution in [-0.2, 0) is 57.7 Å². The highest BCUT2D eigenvalue weighted by molar-refractivity contribution is 8.76. The second-order valence-corrected chi connectivity index (χ2v) is 20.2. The number of aromatic amines is 2. The molecule has 2 aromatic carbocycles. The van der Waals surface area contributed by atoms with Crippen LogP contribution in [-0.4, -0.2) is 151 Å². The molecule has 1 fully saturated rings. The number of nitrogens with zero attached hydrogens (tertiary/aromatic N) is 1. The Kier molecular flexibility index (Phi) is 21.8. The molecule has 8 amide bonds. The number of H-pyrrole nitrogens is 2. The van der Waals surface area contributed by atoms with Crippen LogP contribution in [0.5, 0.6) is 0 Å². The Labute approximate surface area is 431 Å². The number of amides is 8. The summed E-state index contributed by atoms with van der Waals surface area (Å²) in [5.74, 6) is -8.52. The lowest BCUT2D eigenvalue weighted by Gasteiger charge is -2.29. The van der Waals surface area contributed by atoms with E-state index in [9.17, 15) is 58.2 Å². The van der Waals surface area contributed by atoms with Crippen LogP contribution in [0, 0.1) is 0 Å². The molecule has 0 aliphatic carbocycles. The summed E-state index contributed by atoms with van der Waals surface area (Å²) in [6, 6.07) is 4.54. The maximum atomic E-state index is 14.7. The van der Waals surface area contributed by atoms with Crippen LogP contribution in [0.3, 0.4) is 0 Å². The van der Waals surface area contributed by atoms with Crippen molar-refractivity contribution in [1.82, 2.24) is 51.8 Å². The lowest BCUT2D eigenvalue weighted by Crippen LogP contribution is -2.63. The number of aliphatic hydroxyl groups excluding tert-OH is 2. The van der Waals surface area contributed by atoms with Gasteiger partial charge in [-0.05, 0) is 63.3 Å². The van der Waals surface area contributed by atoms with Crippen molar-refractivity contribution < 1.29 is 48.6 Å². The molecule has 0 bridgehead atoms. The number of hydrogen-bond donors (Lipinski definition) is 14. The zero-order valence-corrected chi connectivity index (χ0v) is 42.2. The van der Waals surface area contributed by atoms with E-state index < -0.39 is 126 Å². The number of aliphatic hydroxyl groups is 2. The molecule has 4 aromatic rings. The van der Waals surface area contributed by atoms with Crippen LogP contribution in [0.15, 0.2) is 82.6 Å². The first-order valence-corrected chi connectivity index (χ1v) is 26.1. The Morgan fingerprint density at radius 2 is 1.43 bits per heavy atom. The molecule has 2 unspecified atom stereocenters. The third kappa shape index (κ3) is 16.7. The Balaban J connectivity index is 1.60. The molecule has 5 rings (SSSR count). The van der Waals surface area contributed by atoms with Crippen molar-refractivity contribution >= 4 is 79.7 Å². The number of nitrogens with one attached hydrogen (secondary N) is 9. The lowest BCUT2D eigenvalue weighted by molar-refractivity contribution is -0.137. The van der Waals surface area contributed by atoms with Crippen LogP contribution < -0.4 is 65.7 Å². The van der Waals surface area contributed by atoms with Gasteiger partial charge in [-0.25, -0.2) is 4.79 Å². The van der Waals surface area contributed by atoms with Crippen molar-refractivity contribution in [2.75, 3.05) is 18.1 Å². The molecule has 0 saturated carbocycles. The summed E-state index contributed by atoms with van der Waals surface area (Å²) in [6.07, 6.45) is 0.0717. The van der Waals surface area contributed by atoms with Gasteiger partial charge in [0.05, 0.1) is 24.8 Å². The summed E-state index contributed by atoms with van der Waals surface area (Å²) in [6.45, 7) is 1.97. The van der Waals surface area contributed by atoms with Crippen LogP contribution in [0.25, 0.3) is 10.9 Å². The Hall–Kier alpha value is -7.04. The lowest BCUT2D eigenvalue weighted by atomic mass is 10.0. The van der Waals surface area contributed by atoms with E-state index in [4.69, 9.17) is 17.2 Å². The van der Waals surface area contributed by atoms with Crippen LogP contribution >= 0.6 is 21.6 Å². The normalized spacial score (nSPS) is 22.3. The molecule has 0 spiro atoms. The highest BCUT2D eigenvalue weighted by atomic mass is 33.1. The van der Waals surface area contributed by atoms with E-state index in [1.807, 2.05) is 0 Å². The average Bonchev–Trinajstić information content (AvgIpc) is 3.77. The van der Waals surface area contributed by atoms with Crippen LogP contribution in [0.2, 0.25) is 0 Å². The molecule has 400 valence electrons. The Morgan fingerprint density at radius 1 is 0.784 bits per heavy atom. The van der Waals surface area contributed by atoms with Crippen molar-refractivity contribution in [1.29, 1.82) is 0 Å². The fourth-order valence-corrected chi connectivity index (χ4v) is 10.1. The second kappa shape index (κ2) is 27.9. The molecule has 25 nitrogen and oxygen atoms in total. The van der Waals surface area contributed by atoms with E-state index in [1.165, 1.54) is 13.8 Å². The molecule has 3 heterocycles. The van der Waals surface area contributed by atoms with E-state index in [0.717, 1.165) is 38.4 Å². The van der Waals surface area contributed by atoms with Crippen molar-refractivity contribution in [2.45, 2.75) is 113 Å². The Morgan fingerprint density at radius 3 is 2.11 bits per heavy atom. The van der Waals surface area contributed by atoms with E-state index in [0.29, 0.717) is 28.5 Å². The zero-order chi connectivity index (χ0) is 54.1. The maximum absolute atomic E-state index is 14.7. The SMILES string of the molecule is CC(O)[C@H](NC(=O)[C@@H]1CSSC[C@H](NC(=O)[C@H](N)Cc2ccccc2)C(=O)N[C@@H](Cn2ccc(=O)[nH]c2=O)C(=O)N[C@H](Cc2c[nH]c3ccccc23)C(=O)N[C@@H](CCCCN)C(=O)N[C@@H](C(C)O)C(=O)N1)C(N)=O. The number of hydrogen-bond acceptors (Lipinski definition) is 16. The fourth-order valence-electron chi connectivity index (χ4n) is 7.73. The molecule has 10 atom stereocenters. The number of fused-ring (bicyclic) bond motifs is 1. The predicted octanol–water partition coefficient (Wildman–Crippen LogP) is -4.00. The number of rotatable bonds is 17. The molecule has 1 saturated heterocycles. The highest BCUT2D eigenvalue weighted by Crippen LogP contribution is 2.24. The number of carbonyl (C=O) groups is 8. The summed E-state index contributed by atoms with van der Waals surface area (Å²) in [4.78, 5) is 142. The van der Waals surface area contributed by atoms with Gasteiger partial charge in [0.25, 0.3) is 5.56 Å². The van der Waals surface area contributed by atoms with E-state index in [2.05, 4.69) is 47.2 Å². The number of nitrogens with two attached hydrogens (primary N) is 3. The molecule has 27 heteroatoms. The standard InChI is InChI=1S/C47H63N13O12S2/c1-24(61)37(39(50)64)58-45(70)35-23-74-73-22-34(55-40(65)29(49)18-26-10-4-3-5-11-26)44(69)54-33(21-60-17-15-36(63)57-47(60)72)43(68)53-32(19-27-20-51-30-13-7-6-12-28(27)30)42(67)52-31(14-8-9-16-48)41(66)59-38(25(2)62)46(71)56-35/h3-7,10-13,15,17,20,24-25,29,31-35,37-38,51,61-62H,8-9,14,16,18-19,21-23,48-49H2,1-2H3,(H2,50,64)(H,52,67)(H,53,68)(H,54,69)(H,55,65)(H,56,71)(H,58,70)(H,59,66)(H,57,63,72)/t24?,25?,29-,31+,32-,33+,34+,35+,37+,38+/m1/s1. The molecule has 2 aromatic heterocycles. The zero-order valence-electron chi connectivity index (χ0n) is 40.5. The number of primary amides is 1. The van der Waals surface area contributed by atoms with Crippen molar-refractivity contribution in [3.05, 3.63) is 105 Å². The van der Waals surface area contributed by atoms with Gasteiger partial charge in [-0.15, -0.1) is 0 Å². The number of aromatic nitrogens is 3. The minimum atomic E-state index is -1.76.